The monoisotopic (exact) mass is 661 g/mol. The summed E-state index contributed by atoms with van der Waals surface area (Å²) < 4.78 is 91.6. The zero-order valence-corrected chi connectivity index (χ0v) is 26.5. The van der Waals surface area contributed by atoms with Crippen molar-refractivity contribution in [2.45, 2.75) is 82.5 Å². The summed E-state index contributed by atoms with van der Waals surface area (Å²) in [5.74, 6) is -5.04. The third-order valence-electron chi connectivity index (χ3n) is 6.77. The van der Waals surface area contributed by atoms with Crippen LogP contribution < -0.4 is 15.5 Å². The number of nitrogens with one attached hydrogen (secondary N) is 2. The number of halogens is 5. The van der Waals surface area contributed by atoms with E-state index in [1.807, 2.05) is 0 Å². The average Bonchev–Trinajstić information content (AvgIpc) is 3.06. The van der Waals surface area contributed by atoms with E-state index in [9.17, 15) is 40.5 Å². The van der Waals surface area contributed by atoms with Crippen molar-refractivity contribution in [3.8, 4) is 0 Å². The molecule has 2 aromatic rings. The summed E-state index contributed by atoms with van der Waals surface area (Å²) in [4.78, 5) is 43.4. The Morgan fingerprint density at radius 2 is 1.80 bits per heavy atom. The van der Waals surface area contributed by atoms with Gasteiger partial charge in [-0.1, -0.05) is 6.07 Å². The number of carbonyl (C=O) groups is 3. The van der Waals surface area contributed by atoms with Gasteiger partial charge in [-0.2, -0.15) is 17.5 Å². The number of alkyl carbamates (subject to hydrolysis) is 1. The molecule has 0 spiro atoms. The zero-order valence-electron chi connectivity index (χ0n) is 25.7. The highest BCUT2D eigenvalue weighted by Gasteiger charge is 2.38. The summed E-state index contributed by atoms with van der Waals surface area (Å²) in [6, 6.07) is 4.21. The summed E-state index contributed by atoms with van der Waals surface area (Å²) in [7, 11) is -3.43. The third-order valence-corrected chi connectivity index (χ3v) is 8.42. The molecule has 2 heterocycles. The van der Waals surface area contributed by atoms with Crippen LogP contribution in [0.1, 0.15) is 68.4 Å². The van der Waals surface area contributed by atoms with Gasteiger partial charge in [0.05, 0.1) is 20.9 Å². The van der Waals surface area contributed by atoms with Gasteiger partial charge in [0.1, 0.15) is 17.5 Å². The molecule has 1 saturated heterocycles. The second kappa shape index (κ2) is 13.3. The minimum Gasteiger partial charge on any atom is -0.444 e. The van der Waals surface area contributed by atoms with Crippen LogP contribution in [0.3, 0.4) is 0 Å². The SMILES string of the molecule is Cc1c(C(F)(F)F)cnc(N2CCCC(F)(F)CC2)c1C(=O)Nc1cccc([S@@](C)(=O)=NC(=O)[C@@H](C)NC(=O)OC(C)(C)C)c1. The highest BCUT2D eigenvalue weighted by Crippen LogP contribution is 2.37. The van der Waals surface area contributed by atoms with Crippen molar-refractivity contribution >= 4 is 39.1 Å². The molecule has 1 fully saturated rings. The molecule has 16 heteroatoms. The first-order chi connectivity index (χ1) is 20.6. The Morgan fingerprint density at radius 3 is 2.42 bits per heavy atom. The first kappa shape index (κ1) is 35.7. The van der Waals surface area contributed by atoms with Gasteiger partial charge in [0.2, 0.25) is 5.92 Å². The Balaban J connectivity index is 1.92. The Hall–Kier alpha value is -3.82. The largest absolute Gasteiger partial charge is 0.444 e. The molecule has 3 amide bonds. The Morgan fingerprint density at radius 1 is 1.13 bits per heavy atom. The fourth-order valence-corrected chi connectivity index (χ4v) is 5.80. The maximum absolute atomic E-state index is 14.0. The van der Waals surface area contributed by atoms with Gasteiger partial charge in [-0.05, 0) is 64.8 Å². The van der Waals surface area contributed by atoms with E-state index in [2.05, 4.69) is 20.0 Å². The lowest BCUT2D eigenvalue weighted by molar-refractivity contribution is -0.138. The van der Waals surface area contributed by atoms with E-state index in [4.69, 9.17) is 4.74 Å². The van der Waals surface area contributed by atoms with Gasteiger partial charge < -0.3 is 20.3 Å². The second-order valence-corrected chi connectivity index (χ2v) is 14.0. The van der Waals surface area contributed by atoms with Crippen LogP contribution in [0.2, 0.25) is 0 Å². The lowest BCUT2D eigenvalue weighted by Gasteiger charge is -2.26. The predicted octanol–water partition coefficient (Wildman–Crippen LogP) is 6.18. The molecule has 0 saturated carbocycles. The van der Waals surface area contributed by atoms with Crippen molar-refractivity contribution < 1.29 is 45.3 Å². The fourth-order valence-electron chi connectivity index (χ4n) is 4.52. The van der Waals surface area contributed by atoms with Crippen molar-refractivity contribution in [1.29, 1.82) is 0 Å². The van der Waals surface area contributed by atoms with Crippen LogP contribution in [0.4, 0.5) is 38.3 Å². The number of benzene rings is 1. The highest BCUT2D eigenvalue weighted by atomic mass is 32.2. The minimum atomic E-state index is -4.84. The molecule has 2 N–H and O–H groups in total. The molecule has 0 radical (unpaired) electrons. The van der Waals surface area contributed by atoms with E-state index in [-0.39, 0.29) is 35.9 Å². The molecular weight excluding hydrogens is 625 g/mol. The minimum absolute atomic E-state index is 0.00646. The summed E-state index contributed by atoms with van der Waals surface area (Å²) in [6.07, 6.45) is -4.90. The molecule has 0 unspecified atom stereocenters. The number of amides is 3. The van der Waals surface area contributed by atoms with Crippen molar-refractivity contribution in [2.24, 2.45) is 4.36 Å². The summed E-state index contributed by atoms with van der Waals surface area (Å²) in [5, 5.41) is 4.79. The number of carbonyl (C=O) groups excluding carboxylic acids is 3. The van der Waals surface area contributed by atoms with Crippen molar-refractivity contribution in [3.63, 3.8) is 0 Å². The van der Waals surface area contributed by atoms with Gasteiger partial charge in [-0.3, -0.25) is 9.59 Å². The Kier molecular flexibility index (Phi) is 10.5. The third kappa shape index (κ3) is 9.58. The molecule has 1 aromatic carbocycles. The first-order valence-electron chi connectivity index (χ1n) is 14.0. The number of rotatable bonds is 6. The van der Waals surface area contributed by atoms with Gasteiger partial charge in [-0.25, -0.2) is 22.8 Å². The fraction of sp³-hybridized carbons (Fsp3) is 0.517. The topological polar surface area (TPSA) is 130 Å². The molecule has 10 nitrogen and oxygen atoms in total. The van der Waals surface area contributed by atoms with Gasteiger partial charge in [0.25, 0.3) is 11.8 Å². The van der Waals surface area contributed by atoms with E-state index >= 15 is 0 Å². The molecule has 45 heavy (non-hydrogen) atoms. The van der Waals surface area contributed by atoms with E-state index < -0.39 is 80.9 Å². The molecule has 1 aromatic heterocycles. The van der Waals surface area contributed by atoms with E-state index in [0.717, 1.165) is 6.92 Å². The van der Waals surface area contributed by atoms with Gasteiger partial charge in [0, 0.05) is 49.0 Å². The smallest absolute Gasteiger partial charge is 0.418 e. The number of anilines is 2. The van der Waals surface area contributed by atoms with Crippen LogP contribution in [0, 0.1) is 6.92 Å². The molecule has 3 rings (SSSR count). The number of ether oxygens (including phenoxy) is 1. The maximum Gasteiger partial charge on any atom is 0.418 e. The van der Waals surface area contributed by atoms with Gasteiger partial charge >= 0.3 is 12.3 Å². The van der Waals surface area contributed by atoms with E-state index in [0.29, 0.717) is 6.20 Å². The van der Waals surface area contributed by atoms with Crippen LogP contribution in [-0.2, 0) is 25.4 Å². The van der Waals surface area contributed by atoms with Gasteiger partial charge in [0.15, 0.2) is 0 Å². The Bertz CT molecular complexity index is 1580. The number of nitrogens with zero attached hydrogens (tertiary/aromatic N) is 3. The van der Waals surface area contributed by atoms with Crippen LogP contribution in [0.5, 0.6) is 0 Å². The molecule has 248 valence electrons. The van der Waals surface area contributed by atoms with Crippen LogP contribution in [-0.4, -0.2) is 64.0 Å². The molecule has 2 atom stereocenters. The first-order valence-corrected chi connectivity index (χ1v) is 15.9. The quantitative estimate of drug-likeness (QED) is 0.354. The number of hydrogen-bond acceptors (Lipinski definition) is 7. The van der Waals surface area contributed by atoms with Crippen LogP contribution >= 0.6 is 0 Å². The Labute approximate surface area is 258 Å². The number of hydrogen-bond donors (Lipinski definition) is 2. The predicted molar refractivity (Wildman–Crippen MR) is 158 cm³/mol. The second-order valence-electron chi connectivity index (χ2n) is 11.8. The summed E-state index contributed by atoms with van der Waals surface area (Å²) >= 11 is 0. The molecule has 0 bridgehead atoms. The van der Waals surface area contributed by atoms with Crippen LogP contribution in [0.15, 0.2) is 39.7 Å². The summed E-state index contributed by atoms with van der Waals surface area (Å²) in [5.41, 5.74) is -2.85. The molecule has 0 aliphatic carbocycles. The average molecular weight is 662 g/mol. The normalized spacial score (nSPS) is 17.4. The highest BCUT2D eigenvalue weighted by molar-refractivity contribution is 7.93. The summed E-state index contributed by atoms with van der Waals surface area (Å²) in [6.45, 7) is 7.16. The lowest BCUT2D eigenvalue weighted by Crippen LogP contribution is -2.41. The van der Waals surface area contributed by atoms with Crippen LogP contribution in [0.25, 0.3) is 0 Å². The van der Waals surface area contributed by atoms with E-state index in [1.165, 1.54) is 42.3 Å². The zero-order chi connectivity index (χ0) is 34.0. The number of aromatic nitrogens is 1. The van der Waals surface area contributed by atoms with Crippen molar-refractivity contribution in [3.05, 3.63) is 47.2 Å². The standard InChI is InChI=1S/C29H36F5N5O5S/c1-17-21(29(32,33)34)16-35-23(39-13-8-11-28(30,31)12-14-39)22(17)25(41)37-19-9-7-10-20(15-19)45(6,43)38-24(40)18(2)36-26(42)44-27(3,4)5/h7,9-10,15-16,18H,8,11-14H2,1-6H3,(H,36,42)(H,37,41)/t18-,45-/m1/s1. The number of pyridine rings is 1. The maximum atomic E-state index is 14.0. The lowest BCUT2D eigenvalue weighted by atomic mass is 10.0. The van der Waals surface area contributed by atoms with Gasteiger partial charge in [-0.15, -0.1) is 0 Å². The number of alkyl halides is 5. The molecule has 1 aliphatic rings. The molecule has 1 aliphatic heterocycles. The van der Waals surface area contributed by atoms with E-state index in [1.54, 1.807) is 20.8 Å². The van der Waals surface area contributed by atoms with Crippen molar-refractivity contribution in [2.75, 3.05) is 29.6 Å². The van der Waals surface area contributed by atoms with Crippen molar-refractivity contribution in [1.82, 2.24) is 10.3 Å². The molecular formula is C29H36F5N5O5S.